The van der Waals surface area contributed by atoms with E-state index >= 15 is 0 Å². The van der Waals surface area contributed by atoms with Crippen LogP contribution in [0.15, 0.2) is 24.3 Å². The minimum absolute atomic E-state index is 0.213. The number of aliphatic carboxylic acids is 1. The Morgan fingerprint density at radius 1 is 1.39 bits per heavy atom. The minimum atomic E-state index is -0.902. The van der Waals surface area contributed by atoms with Gasteiger partial charge in [-0.05, 0) is 25.0 Å². The van der Waals surface area contributed by atoms with Gasteiger partial charge in [0.1, 0.15) is 0 Å². The molecule has 0 aromatic heterocycles. The van der Waals surface area contributed by atoms with Gasteiger partial charge in [-0.2, -0.15) is 0 Å². The lowest BCUT2D eigenvalue weighted by molar-refractivity contribution is -0.140. The lowest BCUT2D eigenvalue weighted by atomic mass is 10.1. The number of hydrogen-bond acceptors (Lipinski definition) is 2. The second kappa shape index (κ2) is 4.98. The normalized spacial score (nSPS) is 23.2. The Labute approximate surface area is 110 Å². The van der Waals surface area contributed by atoms with E-state index in [0.717, 1.165) is 5.56 Å². The standard InChI is InChI=1S/C13H14ClNO3/c1-7(8-4-2-3-5-11(8)14)15-12(16)9-6-10(9)13(17)18/h2-5,7,9-10H,6H2,1H3,(H,15,16)(H,17,18). The van der Waals surface area contributed by atoms with Gasteiger partial charge in [-0.1, -0.05) is 29.8 Å². The highest BCUT2D eigenvalue weighted by Crippen LogP contribution is 2.39. The molecule has 5 heteroatoms. The fraction of sp³-hybridized carbons (Fsp3) is 0.385. The molecule has 2 rings (SSSR count). The van der Waals surface area contributed by atoms with Crippen molar-refractivity contribution in [3.8, 4) is 0 Å². The monoisotopic (exact) mass is 267 g/mol. The molecule has 0 saturated heterocycles. The Morgan fingerprint density at radius 3 is 2.61 bits per heavy atom. The van der Waals surface area contributed by atoms with Crippen molar-refractivity contribution in [2.75, 3.05) is 0 Å². The summed E-state index contributed by atoms with van der Waals surface area (Å²) >= 11 is 6.03. The minimum Gasteiger partial charge on any atom is -0.481 e. The van der Waals surface area contributed by atoms with E-state index in [1.807, 2.05) is 25.1 Å². The van der Waals surface area contributed by atoms with Crippen molar-refractivity contribution in [2.24, 2.45) is 11.8 Å². The molecular weight excluding hydrogens is 254 g/mol. The zero-order valence-electron chi connectivity index (χ0n) is 9.89. The molecule has 0 spiro atoms. The van der Waals surface area contributed by atoms with Crippen LogP contribution >= 0.6 is 11.6 Å². The van der Waals surface area contributed by atoms with E-state index in [4.69, 9.17) is 16.7 Å². The zero-order chi connectivity index (χ0) is 13.3. The number of carbonyl (C=O) groups is 2. The van der Waals surface area contributed by atoms with E-state index < -0.39 is 17.8 Å². The lowest BCUT2D eigenvalue weighted by Gasteiger charge is -2.15. The molecule has 1 aromatic carbocycles. The molecule has 1 aliphatic rings. The second-order valence-corrected chi connectivity index (χ2v) is 4.95. The number of amides is 1. The van der Waals surface area contributed by atoms with Gasteiger partial charge in [-0.3, -0.25) is 9.59 Å². The van der Waals surface area contributed by atoms with Gasteiger partial charge in [0.15, 0.2) is 0 Å². The van der Waals surface area contributed by atoms with Crippen LogP contribution in [0.25, 0.3) is 0 Å². The van der Waals surface area contributed by atoms with Crippen LogP contribution in [0.5, 0.6) is 0 Å². The summed E-state index contributed by atoms with van der Waals surface area (Å²) in [6, 6.07) is 7.05. The Hall–Kier alpha value is -1.55. The highest BCUT2D eigenvalue weighted by molar-refractivity contribution is 6.31. The summed E-state index contributed by atoms with van der Waals surface area (Å²) in [5.74, 6) is -2.04. The Morgan fingerprint density at radius 2 is 2.06 bits per heavy atom. The Bertz CT molecular complexity index is 489. The van der Waals surface area contributed by atoms with Gasteiger partial charge in [0, 0.05) is 5.02 Å². The van der Waals surface area contributed by atoms with E-state index in [2.05, 4.69) is 5.32 Å². The van der Waals surface area contributed by atoms with Crippen LogP contribution in [-0.2, 0) is 9.59 Å². The summed E-state index contributed by atoms with van der Waals surface area (Å²) in [5, 5.41) is 12.2. The topological polar surface area (TPSA) is 66.4 Å². The predicted molar refractivity (Wildman–Crippen MR) is 67.2 cm³/mol. The average molecular weight is 268 g/mol. The van der Waals surface area contributed by atoms with Gasteiger partial charge in [-0.25, -0.2) is 0 Å². The van der Waals surface area contributed by atoms with E-state index in [1.165, 1.54) is 0 Å². The Balaban J connectivity index is 1.97. The van der Waals surface area contributed by atoms with Crippen LogP contribution in [0.1, 0.15) is 24.9 Å². The number of hydrogen-bond donors (Lipinski definition) is 2. The molecule has 1 amide bonds. The van der Waals surface area contributed by atoms with Crippen LogP contribution in [0.3, 0.4) is 0 Å². The molecule has 4 nitrogen and oxygen atoms in total. The summed E-state index contributed by atoms with van der Waals surface area (Å²) in [7, 11) is 0. The average Bonchev–Trinajstić information content (AvgIpc) is 3.09. The van der Waals surface area contributed by atoms with Crippen LogP contribution in [0, 0.1) is 11.8 Å². The van der Waals surface area contributed by atoms with Gasteiger partial charge >= 0.3 is 5.97 Å². The van der Waals surface area contributed by atoms with Gasteiger partial charge in [0.2, 0.25) is 5.91 Å². The van der Waals surface area contributed by atoms with Crippen LogP contribution in [0.4, 0.5) is 0 Å². The molecular formula is C13H14ClNO3. The number of carboxylic acids is 1. The first-order valence-electron chi connectivity index (χ1n) is 5.78. The van der Waals surface area contributed by atoms with Crippen molar-refractivity contribution in [1.29, 1.82) is 0 Å². The first-order chi connectivity index (χ1) is 8.50. The molecule has 1 aliphatic carbocycles. The first kappa shape index (κ1) is 12.9. The molecule has 1 fully saturated rings. The van der Waals surface area contributed by atoms with Crippen LogP contribution in [0.2, 0.25) is 5.02 Å². The van der Waals surface area contributed by atoms with E-state index in [1.54, 1.807) is 6.07 Å². The molecule has 0 radical (unpaired) electrons. The molecule has 3 unspecified atom stereocenters. The quantitative estimate of drug-likeness (QED) is 0.879. The number of carbonyl (C=O) groups excluding carboxylic acids is 1. The van der Waals surface area contributed by atoms with Crippen molar-refractivity contribution in [2.45, 2.75) is 19.4 Å². The van der Waals surface area contributed by atoms with Gasteiger partial charge in [-0.15, -0.1) is 0 Å². The number of benzene rings is 1. The van der Waals surface area contributed by atoms with Crippen LogP contribution in [-0.4, -0.2) is 17.0 Å². The van der Waals surface area contributed by atoms with Crippen LogP contribution < -0.4 is 5.32 Å². The molecule has 0 bridgehead atoms. The fourth-order valence-corrected chi connectivity index (χ4v) is 2.28. The summed E-state index contributed by atoms with van der Waals surface area (Å²) in [6.45, 7) is 1.83. The molecule has 0 heterocycles. The Kier molecular flexibility index (Phi) is 3.57. The second-order valence-electron chi connectivity index (χ2n) is 4.54. The van der Waals surface area contributed by atoms with Gasteiger partial charge < -0.3 is 10.4 Å². The van der Waals surface area contributed by atoms with Crippen molar-refractivity contribution in [3.63, 3.8) is 0 Å². The van der Waals surface area contributed by atoms with Gasteiger partial charge in [0.05, 0.1) is 17.9 Å². The lowest BCUT2D eigenvalue weighted by Crippen LogP contribution is -2.29. The highest BCUT2D eigenvalue weighted by atomic mass is 35.5. The maximum atomic E-state index is 11.8. The van der Waals surface area contributed by atoms with Crippen molar-refractivity contribution < 1.29 is 14.7 Å². The number of carboxylic acid groups (broad SMARTS) is 1. The van der Waals surface area contributed by atoms with E-state index in [9.17, 15) is 9.59 Å². The maximum absolute atomic E-state index is 11.8. The third kappa shape index (κ3) is 2.64. The molecule has 1 saturated carbocycles. The molecule has 1 aromatic rings. The molecule has 2 N–H and O–H groups in total. The molecule has 3 atom stereocenters. The number of nitrogens with one attached hydrogen (secondary N) is 1. The fourth-order valence-electron chi connectivity index (χ4n) is 1.98. The summed E-state index contributed by atoms with van der Waals surface area (Å²) < 4.78 is 0. The highest BCUT2D eigenvalue weighted by Gasteiger charge is 2.48. The maximum Gasteiger partial charge on any atom is 0.307 e. The molecule has 96 valence electrons. The molecule has 0 aliphatic heterocycles. The third-order valence-corrected chi connectivity index (χ3v) is 3.52. The molecule has 18 heavy (non-hydrogen) atoms. The SMILES string of the molecule is CC(NC(=O)C1CC1C(=O)O)c1ccccc1Cl. The summed E-state index contributed by atoms with van der Waals surface area (Å²) in [4.78, 5) is 22.5. The predicted octanol–water partition coefficient (Wildman–Crippen LogP) is 2.24. The van der Waals surface area contributed by atoms with Crippen molar-refractivity contribution in [3.05, 3.63) is 34.9 Å². The van der Waals surface area contributed by atoms with E-state index in [-0.39, 0.29) is 11.9 Å². The van der Waals surface area contributed by atoms with Crippen molar-refractivity contribution in [1.82, 2.24) is 5.32 Å². The zero-order valence-corrected chi connectivity index (χ0v) is 10.6. The first-order valence-corrected chi connectivity index (χ1v) is 6.16. The van der Waals surface area contributed by atoms with Gasteiger partial charge in [0.25, 0.3) is 0 Å². The van der Waals surface area contributed by atoms with Crippen molar-refractivity contribution >= 4 is 23.5 Å². The summed E-state index contributed by atoms with van der Waals surface area (Å²) in [6.07, 6.45) is 0.427. The largest absolute Gasteiger partial charge is 0.481 e. The smallest absolute Gasteiger partial charge is 0.307 e. The number of halogens is 1. The van der Waals surface area contributed by atoms with E-state index in [0.29, 0.717) is 11.4 Å². The third-order valence-electron chi connectivity index (χ3n) is 3.17. The summed E-state index contributed by atoms with van der Waals surface area (Å²) in [5.41, 5.74) is 0.833. The number of rotatable bonds is 4.